The van der Waals surface area contributed by atoms with E-state index in [4.69, 9.17) is 14.6 Å². The molecule has 9 amide bonds. The molecule has 3 rings (SSSR count). The van der Waals surface area contributed by atoms with Crippen molar-refractivity contribution in [1.29, 1.82) is 0 Å². The fraction of sp³-hybridized carbons (Fsp3) is 0.683. The third-order valence-corrected chi connectivity index (χ3v) is 18.1. The van der Waals surface area contributed by atoms with Crippen molar-refractivity contribution in [2.45, 2.75) is 193 Å². The Bertz CT molecular complexity index is 2710. The number of ether oxygens (including phenoxy) is 2. The molecule has 25 nitrogen and oxygen atoms in total. The van der Waals surface area contributed by atoms with Gasteiger partial charge in [0.25, 0.3) is 5.91 Å². The van der Waals surface area contributed by atoms with Gasteiger partial charge in [0.2, 0.25) is 47.3 Å². The number of thioether (sulfide) groups is 1. The second kappa shape index (κ2) is 39.0. The maximum Gasteiger partial charge on any atom is 0.306 e. The number of likely N-dealkylation sites (N-methyl/N-ethyl adjacent to an activating group) is 1. The molecular weight excluding hydrogens is 1200 g/mol. The second-order valence-electron chi connectivity index (χ2n) is 24.2. The van der Waals surface area contributed by atoms with Gasteiger partial charge in [0.15, 0.2) is 6.10 Å². The van der Waals surface area contributed by atoms with Gasteiger partial charge < -0.3 is 56.5 Å². The highest BCUT2D eigenvalue weighted by atomic mass is 32.2. The van der Waals surface area contributed by atoms with Gasteiger partial charge in [-0.25, -0.2) is 4.98 Å². The molecule has 1 fully saturated rings. The molecule has 1 saturated heterocycles. The van der Waals surface area contributed by atoms with E-state index in [0.717, 1.165) is 27.4 Å². The average Bonchev–Trinajstić information content (AvgIpc) is 1.30. The van der Waals surface area contributed by atoms with E-state index in [2.05, 4.69) is 36.9 Å². The predicted molar refractivity (Wildman–Crippen MR) is 343 cm³/mol. The Labute approximate surface area is 538 Å². The number of aryl methyl sites for hydroxylation is 1. The van der Waals surface area contributed by atoms with E-state index in [-0.39, 0.29) is 144 Å². The van der Waals surface area contributed by atoms with Crippen molar-refractivity contribution >= 4 is 88.2 Å². The first-order valence-electron chi connectivity index (χ1n) is 31.2. The molecule has 1 aliphatic heterocycles. The number of hydrogen-bond acceptors (Lipinski definition) is 18. The smallest absolute Gasteiger partial charge is 0.306 e. The molecule has 9 atom stereocenters. The number of carboxylic acid groups (broad SMARTS) is 1. The fourth-order valence-corrected chi connectivity index (χ4v) is 11.3. The molecule has 0 radical (unpaired) electrons. The van der Waals surface area contributed by atoms with Crippen molar-refractivity contribution in [2.24, 2.45) is 17.8 Å². The highest BCUT2D eigenvalue weighted by Gasteiger charge is 2.41. The van der Waals surface area contributed by atoms with Gasteiger partial charge in [0, 0.05) is 76.2 Å². The molecule has 0 aliphatic carbocycles. The quantitative estimate of drug-likeness (QED) is 0.0264. The number of likely N-dealkylation sites (tertiary alicyclic amines) is 1. The topological polar surface area (TPSA) is 341 Å². The molecule has 8 N–H and O–H groups in total. The number of aliphatic hydroxyl groups is 1. The van der Waals surface area contributed by atoms with Gasteiger partial charge >= 0.3 is 11.9 Å². The molecule has 0 spiro atoms. The average molecular weight is 1300 g/mol. The van der Waals surface area contributed by atoms with Gasteiger partial charge in [0.1, 0.15) is 28.8 Å². The largest absolute Gasteiger partial charge is 0.481 e. The normalized spacial score (nSPS) is 16.0. The zero-order valence-electron chi connectivity index (χ0n) is 54.9. The Kier molecular flexibility index (Phi) is 33.7. The monoisotopic (exact) mass is 1300 g/mol. The number of carbonyl (C=O) groups is 11. The van der Waals surface area contributed by atoms with E-state index in [0.29, 0.717) is 25.7 Å². The molecule has 27 heteroatoms. The fourth-order valence-electron chi connectivity index (χ4n) is 9.85. The number of esters is 1. The molecule has 1 aromatic carbocycles. The number of hydrogen-bond donors (Lipinski definition) is 8. The molecule has 504 valence electrons. The summed E-state index contributed by atoms with van der Waals surface area (Å²) >= 11 is 2.37. The van der Waals surface area contributed by atoms with Gasteiger partial charge in [-0.15, -0.1) is 11.3 Å². The van der Waals surface area contributed by atoms with Crippen LogP contribution in [0.4, 0.5) is 0 Å². The highest BCUT2D eigenvalue weighted by Crippen LogP contribution is 2.32. The third kappa shape index (κ3) is 25.6. The van der Waals surface area contributed by atoms with Crippen molar-refractivity contribution in [1.82, 2.24) is 51.6 Å². The van der Waals surface area contributed by atoms with Crippen LogP contribution < -0.4 is 31.9 Å². The minimum Gasteiger partial charge on any atom is -0.481 e. The van der Waals surface area contributed by atoms with Crippen LogP contribution >= 0.6 is 23.1 Å². The minimum atomic E-state index is -1.12. The van der Waals surface area contributed by atoms with Crippen molar-refractivity contribution in [3.05, 3.63) is 51.5 Å². The summed E-state index contributed by atoms with van der Waals surface area (Å²) in [7, 11) is 3.52. The Balaban J connectivity index is 1.88. The Morgan fingerprint density at radius 3 is 2.13 bits per heavy atom. The summed E-state index contributed by atoms with van der Waals surface area (Å²) in [5.41, 5.74) is 0.945. The van der Waals surface area contributed by atoms with Crippen molar-refractivity contribution in [3.63, 3.8) is 0 Å². The molecular formula is C63H100N10O15S2. The number of unbranched alkanes of at least 4 members (excludes halogenated alkanes) is 1. The lowest BCUT2D eigenvalue weighted by molar-refractivity contribution is -0.150. The van der Waals surface area contributed by atoms with Gasteiger partial charge in [-0.2, -0.15) is 11.8 Å². The number of carbonyl (C=O) groups excluding carboxylic acids is 10. The van der Waals surface area contributed by atoms with Gasteiger partial charge in [-0.3, -0.25) is 62.5 Å². The summed E-state index contributed by atoms with van der Waals surface area (Å²) in [5, 5.41) is 37.1. The summed E-state index contributed by atoms with van der Waals surface area (Å²) in [6.45, 7) is 17.7. The minimum absolute atomic E-state index is 0.00777. The number of nitrogens with one attached hydrogen (secondary N) is 6. The first kappa shape index (κ1) is 77.7. The zero-order valence-corrected chi connectivity index (χ0v) is 56.5. The summed E-state index contributed by atoms with van der Waals surface area (Å²) in [6.07, 6.45) is 3.05. The van der Waals surface area contributed by atoms with E-state index in [1.807, 2.05) is 58.9 Å². The van der Waals surface area contributed by atoms with Crippen LogP contribution in [0, 0.1) is 24.7 Å². The number of aliphatic hydroxyl groups excluding tert-OH is 1. The first-order chi connectivity index (χ1) is 42.4. The van der Waals surface area contributed by atoms with Crippen molar-refractivity contribution < 1.29 is 72.4 Å². The SMILES string of the molecule is CCC(C)[C@H](NC(=O)C(C)(C)N(C)C)C(=O)N(CCCNC(=O)C(C)NC(=O)C(CCCCNC(=O)CCOCCO)NC(=O)CCCN1C(=O)CC(SC)C1=O)[C@H](C[C@@H](OC(C)=O)c1nc(C(=O)N[C@@H](Cc2ccc(C)cc2)CC(C)C(=O)O)cs1)C(C)C. The maximum atomic E-state index is 15.4. The first-order valence-corrected chi connectivity index (χ1v) is 33.3. The van der Waals surface area contributed by atoms with E-state index >= 15 is 4.79 Å². The summed E-state index contributed by atoms with van der Waals surface area (Å²) in [5.74, 6) is -7.09. The summed E-state index contributed by atoms with van der Waals surface area (Å²) in [4.78, 5) is 156. The molecule has 90 heavy (non-hydrogen) atoms. The lowest BCUT2D eigenvalue weighted by atomic mass is 9.91. The number of carboxylic acids is 1. The lowest BCUT2D eigenvalue weighted by Crippen LogP contribution is -2.60. The van der Waals surface area contributed by atoms with Gasteiger partial charge in [0.05, 0.1) is 36.5 Å². The molecule has 0 saturated carbocycles. The van der Waals surface area contributed by atoms with Crippen LogP contribution in [0.15, 0.2) is 29.6 Å². The number of amides is 9. The van der Waals surface area contributed by atoms with Crippen molar-refractivity contribution in [3.8, 4) is 0 Å². The Morgan fingerprint density at radius 2 is 1.53 bits per heavy atom. The molecule has 2 aromatic rings. The maximum absolute atomic E-state index is 15.4. The zero-order chi connectivity index (χ0) is 67.4. The van der Waals surface area contributed by atoms with Crippen LogP contribution in [0.3, 0.4) is 0 Å². The number of thiazole rings is 1. The van der Waals surface area contributed by atoms with Crippen LogP contribution in [0.5, 0.6) is 0 Å². The van der Waals surface area contributed by atoms with E-state index in [1.165, 1.54) is 31.0 Å². The third-order valence-electron chi connectivity index (χ3n) is 16.2. The van der Waals surface area contributed by atoms with Gasteiger partial charge in [-0.1, -0.05) is 70.9 Å². The Morgan fingerprint density at radius 1 is 0.856 bits per heavy atom. The van der Waals surface area contributed by atoms with E-state index in [9.17, 15) is 53.1 Å². The van der Waals surface area contributed by atoms with E-state index < -0.39 is 94.5 Å². The number of benzene rings is 1. The van der Waals surface area contributed by atoms with Crippen LogP contribution in [0.25, 0.3) is 0 Å². The summed E-state index contributed by atoms with van der Waals surface area (Å²) < 4.78 is 11.1. The standard InChI is InChI=1S/C63H100N10O15S2/c1-14-40(5)54(70-62(86)63(9,10)71(11)12)60(83)72(48(38(2)3)35-49(88-43(8)75)58-69-47(37-90-58)57(81)67-45(33-41(6)61(84)85)34-44-23-21-39(4)22-24-44)29-18-27-65-55(79)42(7)66-56(80)46(19-15-16-26-64-51(76)25-31-87-32-30-74)68-52(77)20-17-28-73-53(78)36-50(89-13)59(73)82/h21-24,37-38,40-42,45-46,48-50,54,74H,14-20,25-36H2,1-13H3,(H,64,76)(H,65,79)(H,66,80)(H,67,81)(H,68,77)(H,70,86)(H,84,85)/t40?,41?,42?,45-,46?,48-,49-,50?,54+/m1/s1. The number of nitrogens with zero attached hydrogens (tertiary/aromatic N) is 4. The molecule has 5 unspecified atom stereocenters. The van der Waals surface area contributed by atoms with Gasteiger partial charge in [-0.05, 0) is 110 Å². The van der Waals surface area contributed by atoms with Crippen LogP contribution in [-0.2, 0) is 63.8 Å². The van der Waals surface area contributed by atoms with Crippen LogP contribution in [0.2, 0.25) is 0 Å². The lowest BCUT2D eigenvalue weighted by Gasteiger charge is -2.40. The number of aromatic nitrogens is 1. The number of imide groups is 1. The molecule has 2 heterocycles. The second-order valence-corrected chi connectivity index (χ2v) is 26.1. The van der Waals surface area contributed by atoms with E-state index in [1.54, 1.807) is 50.9 Å². The van der Waals surface area contributed by atoms with Crippen LogP contribution in [0.1, 0.15) is 166 Å². The molecule has 1 aromatic heterocycles. The van der Waals surface area contributed by atoms with Crippen molar-refractivity contribution in [2.75, 3.05) is 66.4 Å². The van der Waals surface area contributed by atoms with Crippen LogP contribution in [-0.4, -0.2) is 202 Å². The molecule has 1 aliphatic rings. The number of rotatable bonds is 42. The Hall–Kier alpha value is -6.55. The summed E-state index contributed by atoms with van der Waals surface area (Å²) in [6, 6.07) is 3.21. The number of aliphatic carboxylic acids is 1. The predicted octanol–water partition coefficient (Wildman–Crippen LogP) is 4.07. The highest BCUT2D eigenvalue weighted by molar-refractivity contribution is 8.00. The molecule has 0 bridgehead atoms.